The molecule has 2 fully saturated rings. The molecule has 6 nitrogen and oxygen atoms in total. The zero-order chi connectivity index (χ0) is 14.4. The Morgan fingerprint density at radius 1 is 1.33 bits per heavy atom. The van der Waals surface area contributed by atoms with Crippen LogP contribution >= 0.6 is 0 Å². The van der Waals surface area contributed by atoms with Crippen LogP contribution in [0.25, 0.3) is 5.78 Å². The molecular weight excluding hydrogens is 268 g/mol. The van der Waals surface area contributed by atoms with Crippen molar-refractivity contribution in [1.82, 2.24) is 19.3 Å². The first-order valence-corrected chi connectivity index (χ1v) is 7.47. The van der Waals surface area contributed by atoms with Gasteiger partial charge in [-0.2, -0.15) is 0 Å². The molecule has 2 aromatic heterocycles. The fraction of sp³-hybridized carbons (Fsp3) is 0.533. The highest BCUT2D eigenvalue weighted by Crippen LogP contribution is 2.46. The van der Waals surface area contributed by atoms with Gasteiger partial charge in [-0.25, -0.2) is 9.97 Å². The van der Waals surface area contributed by atoms with E-state index >= 15 is 0 Å². The molecule has 6 heteroatoms. The molecule has 2 aromatic rings. The number of fused-ring (bicyclic) bond motifs is 1. The molecule has 1 aliphatic carbocycles. The summed E-state index contributed by atoms with van der Waals surface area (Å²) in [4.78, 5) is 22.7. The van der Waals surface area contributed by atoms with Crippen LogP contribution in [0, 0.1) is 5.92 Å². The number of amides is 1. The number of rotatable bonds is 2. The minimum Gasteiger partial charge on any atom is -0.390 e. The third-order valence-electron chi connectivity index (χ3n) is 4.76. The molecule has 1 N–H and O–H groups in total. The van der Waals surface area contributed by atoms with Gasteiger partial charge in [0.2, 0.25) is 5.78 Å². The van der Waals surface area contributed by atoms with E-state index in [4.69, 9.17) is 0 Å². The Bertz CT molecular complexity index is 651. The number of aliphatic hydroxyl groups is 1. The fourth-order valence-corrected chi connectivity index (χ4v) is 3.25. The van der Waals surface area contributed by atoms with E-state index in [1.807, 2.05) is 17.2 Å². The number of carbonyl (C=O) groups excluding carboxylic acids is 1. The maximum atomic E-state index is 12.5. The number of nitrogens with zero attached hydrogens (tertiary/aromatic N) is 4. The number of hydrogen-bond acceptors (Lipinski definition) is 4. The van der Waals surface area contributed by atoms with Gasteiger partial charge in [-0.05, 0) is 37.7 Å². The maximum Gasteiger partial charge on any atom is 0.274 e. The molecule has 0 unspecified atom stereocenters. The van der Waals surface area contributed by atoms with Crippen LogP contribution in [0.3, 0.4) is 0 Å². The van der Waals surface area contributed by atoms with Gasteiger partial charge in [0.1, 0.15) is 5.69 Å². The molecule has 1 saturated heterocycles. The molecule has 0 bridgehead atoms. The molecule has 0 radical (unpaired) electrons. The zero-order valence-corrected chi connectivity index (χ0v) is 11.8. The van der Waals surface area contributed by atoms with E-state index in [0.717, 1.165) is 25.7 Å². The second-order valence-electron chi connectivity index (χ2n) is 6.12. The van der Waals surface area contributed by atoms with Gasteiger partial charge in [0.05, 0.1) is 5.60 Å². The highest BCUT2D eigenvalue weighted by molar-refractivity contribution is 5.92. The number of imidazole rings is 1. The molecule has 0 atom stereocenters. The molecule has 1 saturated carbocycles. The van der Waals surface area contributed by atoms with Crippen molar-refractivity contribution in [1.29, 1.82) is 0 Å². The predicted octanol–water partition coefficient (Wildman–Crippen LogP) is 1.11. The molecule has 4 rings (SSSR count). The van der Waals surface area contributed by atoms with E-state index in [-0.39, 0.29) is 5.91 Å². The minimum absolute atomic E-state index is 0.0401. The maximum absolute atomic E-state index is 12.5. The third kappa shape index (κ3) is 2.19. The van der Waals surface area contributed by atoms with Crippen molar-refractivity contribution in [2.45, 2.75) is 31.3 Å². The van der Waals surface area contributed by atoms with E-state index in [0.29, 0.717) is 30.5 Å². The monoisotopic (exact) mass is 286 g/mol. The van der Waals surface area contributed by atoms with Crippen molar-refractivity contribution in [2.75, 3.05) is 13.1 Å². The van der Waals surface area contributed by atoms with Gasteiger partial charge in [0.15, 0.2) is 0 Å². The quantitative estimate of drug-likeness (QED) is 0.897. The SMILES string of the molecule is O=C(c1cn2cccnc2n1)N1CCC(C2(O)CC2)CC1. The lowest BCUT2D eigenvalue weighted by molar-refractivity contribution is 0.0338. The lowest BCUT2D eigenvalue weighted by atomic mass is 9.89. The van der Waals surface area contributed by atoms with Crippen molar-refractivity contribution < 1.29 is 9.90 Å². The number of carbonyl (C=O) groups is 1. The lowest BCUT2D eigenvalue weighted by Gasteiger charge is -2.34. The second kappa shape index (κ2) is 4.53. The number of aromatic nitrogens is 3. The summed E-state index contributed by atoms with van der Waals surface area (Å²) < 4.78 is 1.76. The largest absolute Gasteiger partial charge is 0.390 e. The Kier molecular flexibility index (Phi) is 2.75. The first-order valence-electron chi connectivity index (χ1n) is 7.47. The topological polar surface area (TPSA) is 70.7 Å². The summed E-state index contributed by atoms with van der Waals surface area (Å²) in [6.07, 6.45) is 8.83. The molecule has 0 aromatic carbocycles. The first kappa shape index (κ1) is 12.8. The van der Waals surface area contributed by atoms with Crippen LogP contribution in [0.4, 0.5) is 0 Å². The average Bonchev–Trinajstić information content (AvgIpc) is 3.13. The predicted molar refractivity (Wildman–Crippen MR) is 75.8 cm³/mol. The summed E-state index contributed by atoms with van der Waals surface area (Å²) in [7, 11) is 0. The van der Waals surface area contributed by atoms with E-state index in [1.54, 1.807) is 16.8 Å². The normalized spacial score (nSPS) is 21.7. The van der Waals surface area contributed by atoms with E-state index in [1.165, 1.54) is 0 Å². The Balaban J connectivity index is 1.48. The van der Waals surface area contributed by atoms with Gasteiger partial charge < -0.3 is 10.0 Å². The van der Waals surface area contributed by atoms with Gasteiger partial charge in [-0.1, -0.05) is 0 Å². The van der Waals surface area contributed by atoms with Crippen molar-refractivity contribution in [2.24, 2.45) is 5.92 Å². The summed E-state index contributed by atoms with van der Waals surface area (Å²) in [6, 6.07) is 1.81. The molecule has 3 heterocycles. The van der Waals surface area contributed by atoms with Crippen molar-refractivity contribution in [3.8, 4) is 0 Å². The smallest absolute Gasteiger partial charge is 0.274 e. The van der Waals surface area contributed by atoms with Gasteiger partial charge >= 0.3 is 0 Å². The zero-order valence-electron chi connectivity index (χ0n) is 11.8. The van der Waals surface area contributed by atoms with Crippen LogP contribution in [0.1, 0.15) is 36.2 Å². The summed E-state index contributed by atoms with van der Waals surface area (Å²) in [5, 5.41) is 10.2. The molecule has 0 spiro atoms. The molecular formula is C15H18N4O2. The van der Waals surface area contributed by atoms with E-state index < -0.39 is 5.60 Å². The van der Waals surface area contributed by atoms with Crippen LogP contribution < -0.4 is 0 Å². The average molecular weight is 286 g/mol. The van der Waals surface area contributed by atoms with Gasteiger partial charge in [-0.15, -0.1) is 0 Å². The number of likely N-dealkylation sites (tertiary alicyclic amines) is 1. The van der Waals surface area contributed by atoms with Crippen LogP contribution in [0.2, 0.25) is 0 Å². The molecule has 1 aliphatic heterocycles. The lowest BCUT2D eigenvalue weighted by Crippen LogP contribution is -2.42. The van der Waals surface area contributed by atoms with E-state index in [2.05, 4.69) is 9.97 Å². The second-order valence-corrected chi connectivity index (χ2v) is 6.12. The Hall–Kier alpha value is -1.95. The van der Waals surface area contributed by atoms with Crippen molar-refractivity contribution in [3.05, 3.63) is 30.4 Å². The Labute approximate surface area is 122 Å². The summed E-state index contributed by atoms with van der Waals surface area (Å²) in [5.41, 5.74) is 0.0135. The van der Waals surface area contributed by atoms with Crippen LogP contribution in [-0.2, 0) is 0 Å². The van der Waals surface area contributed by atoms with E-state index in [9.17, 15) is 9.90 Å². The minimum atomic E-state index is -0.428. The highest BCUT2D eigenvalue weighted by Gasteiger charge is 2.48. The first-order chi connectivity index (χ1) is 10.2. The van der Waals surface area contributed by atoms with Gasteiger partial charge in [-0.3, -0.25) is 9.20 Å². The standard InChI is InChI=1S/C15H18N4O2/c20-13(12-10-19-7-1-6-16-14(19)17-12)18-8-2-11(3-9-18)15(21)4-5-15/h1,6-7,10-11,21H,2-5,8-9H2. The fourth-order valence-electron chi connectivity index (χ4n) is 3.25. The van der Waals surface area contributed by atoms with Gasteiger partial charge in [0.25, 0.3) is 5.91 Å². The number of hydrogen-bond donors (Lipinski definition) is 1. The van der Waals surface area contributed by atoms with Crippen LogP contribution in [0.15, 0.2) is 24.7 Å². The summed E-state index contributed by atoms with van der Waals surface area (Å²) >= 11 is 0. The highest BCUT2D eigenvalue weighted by atomic mass is 16.3. The molecule has 1 amide bonds. The molecule has 110 valence electrons. The number of piperidine rings is 1. The summed E-state index contributed by atoms with van der Waals surface area (Å²) in [6.45, 7) is 1.40. The third-order valence-corrected chi connectivity index (χ3v) is 4.76. The van der Waals surface area contributed by atoms with Crippen molar-refractivity contribution >= 4 is 11.7 Å². The Morgan fingerprint density at radius 2 is 2.10 bits per heavy atom. The summed E-state index contributed by atoms with van der Waals surface area (Å²) in [5.74, 6) is 0.856. The van der Waals surface area contributed by atoms with Crippen LogP contribution in [0.5, 0.6) is 0 Å². The molecule has 2 aliphatic rings. The van der Waals surface area contributed by atoms with Gasteiger partial charge in [0, 0.05) is 31.7 Å². The van der Waals surface area contributed by atoms with Crippen LogP contribution in [-0.4, -0.2) is 49.0 Å². The van der Waals surface area contributed by atoms with Crippen molar-refractivity contribution in [3.63, 3.8) is 0 Å². The Morgan fingerprint density at radius 3 is 2.76 bits per heavy atom. The molecule has 21 heavy (non-hydrogen) atoms.